The maximum Gasteiger partial charge on any atom is 0.238 e. The van der Waals surface area contributed by atoms with Crippen molar-refractivity contribution in [1.29, 1.82) is 0 Å². The van der Waals surface area contributed by atoms with Crippen LogP contribution in [0.3, 0.4) is 0 Å². The molecule has 0 aliphatic carbocycles. The van der Waals surface area contributed by atoms with Crippen molar-refractivity contribution in [2.75, 3.05) is 7.11 Å². The van der Waals surface area contributed by atoms with Gasteiger partial charge in [0, 0.05) is 24.0 Å². The van der Waals surface area contributed by atoms with E-state index in [1.807, 2.05) is 42.9 Å². The molecule has 0 amide bonds. The van der Waals surface area contributed by atoms with Crippen LogP contribution < -0.4 is 9.88 Å². The molecular weight excluding hydrogens is 442 g/mol. The van der Waals surface area contributed by atoms with Gasteiger partial charge in [0.15, 0.2) is 5.82 Å². The van der Waals surface area contributed by atoms with Crippen LogP contribution in [0.2, 0.25) is 0 Å². The molecule has 0 bridgehead atoms. The Morgan fingerprint density at radius 2 is 2.00 bits per heavy atom. The van der Waals surface area contributed by atoms with Gasteiger partial charge in [-0.05, 0) is 58.5 Å². The number of nitrogens with two attached hydrogens (primary N) is 1. The molecule has 2 aromatic heterocycles. The average Bonchev–Trinajstić information content (AvgIpc) is 3.47. The van der Waals surface area contributed by atoms with Crippen molar-refractivity contribution in [2.24, 2.45) is 5.14 Å². The van der Waals surface area contributed by atoms with Crippen molar-refractivity contribution in [3.05, 3.63) is 71.8 Å². The molecule has 0 fully saturated rings. The van der Waals surface area contributed by atoms with Gasteiger partial charge in [0.25, 0.3) is 0 Å². The zero-order valence-corrected chi connectivity index (χ0v) is 18.8. The number of fused-ring (bicyclic) bond motifs is 1. The molecule has 5 rings (SSSR count). The Morgan fingerprint density at radius 3 is 2.76 bits per heavy atom. The van der Waals surface area contributed by atoms with Gasteiger partial charge < -0.3 is 9.30 Å². The predicted octanol–water partition coefficient (Wildman–Crippen LogP) is 1.97. The maximum atomic E-state index is 12.6. The van der Waals surface area contributed by atoms with E-state index < -0.39 is 10.0 Å². The molecule has 170 valence electrons. The lowest BCUT2D eigenvalue weighted by molar-refractivity contribution is 0.414. The summed E-state index contributed by atoms with van der Waals surface area (Å²) in [6.45, 7) is 1.16. The highest BCUT2D eigenvalue weighted by molar-refractivity contribution is 7.89. The molecular formula is C22H23N7O3S. The molecule has 1 unspecified atom stereocenters. The van der Waals surface area contributed by atoms with E-state index in [-0.39, 0.29) is 10.8 Å². The predicted molar refractivity (Wildman–Crippen MR) is 120 cm³/mol. The van der Waals surface area contributed by atoms with Gasteiger partial charge in [0.1, 0.15) is 5.75 Å². The third-order valence-corrected chi connectivity index (χ3v) is 6.98. The van der Waals surface area contributed by atoms with Crippen molar-refractivity contribution in [3.63, 3.8) is 0 Å². The molecule has 11 heteroatoms. The second-order valence-corrected chi connectivity index (χ2v) is 9.57. The van der Waals surface area contributed by atoms with Crippen molar-refractivity contribution < 1.29 is 13.2 Å². The summed E-state index contributed by atoms with van der Waals surface area (Å²) in [7, 11) is -2.40. The largest absolute Gasteiger partial charge is 0.497 e. The first-order valence-corrected chi connectivity index (χ1v) is 12.0. The number of rotatable bonds is 6. The summed E-state index contributed by atoms with van der Waals surface area (Å²) in [5, 5.41) is 17.8. The number of hydrogen-bond donors (Lipinski definition) is 1. The molecule has 0 spiro atoms. The number of hydrogen-bond acceptors (Lipinski definition) is 7. The molecule has 1 atom stereocenters. The van der Waals surface area contributed by atoms with E-state index in [0.717, 1.165) is 42.0 Å². The molecule has 2 N–H and O–H groups in total. The lowest BCUT2D eigenvalue weighted by Gasteiger charge is -2.26. The van der Waals surface area contributed by atoms with Gasteiger partial charge in [0.2, 0.25) is 10.0 Å². The Labute approximate surface area is 191 Å². The van der Waals surface area contributed by atoms with Crippen LogP contribution in [0.15, 0.2) is 59.9 Å². The Balaban J connectivity index is 1.60. The van der Waals surface area contributed by atoms with E-state index in [4.69, 9.17) is 9.88 Å². The van der Waals surface area contributed by atoms with E-state index in [9.17, 15) is 8.42 Å². The summed E-state index contributed by atoms with van der Waals surface area (Å²) in [5.74, 6) is 1.19. The number of nitrogens with zero attached hydrogens (tertiary/aromatic N) is 6. The van der Waals surface area contributed by atoms with Crippen molar-refractivity contribution in [1.82, 2.24) is 29.8 Å². The number of aromatic nitrogens is 6. The number of tetrazole rings is 1. The van der Waals surface area contributed by atoms with E-state index >= 15 is 0 Å². The Morgan fingerprint density at radius 1 is 1.18 bits per heavy atom. The Hall–Kier alpha value is -3.57. The van der Waals surface area contributed by atoms with Crippen LogP contribution in [0, 0.1) is 0 Å². The van der Waals surface area contributed by atoms with Gasteiger partial charge in [-0.3, -0.25) is 0 Å². The van der Waals surface area contributed by atoms with Crippen LogP contribution >= 0.6 is 0 Å². The van der Waals surface area contributed by atoms with Gasteiger partial charge in [-0.15, -0.1) is 5.10 Å². The summed E-state index contributed by atoms with van der Waals surface area (Å²) in [4.78, 5) is 4.25. The highest BCUT2D eigenvalue weighted by Crippen LogP contribution is 2.38. The highest BCUT2D eigenvalue weighted by atomic mass is 32.2. The number of imidazole rings is 1. The van der Waals surface area contributed by atoms with Gasteiger partial charge >= 0.3 is 0 Å². The van der Waals surface area contributed by atoms with Crippen molar-refractivity contribution in [2.45, 2.75) is 36.7 Å². The van der Waals surface area contributed by atoms with Gasteiger partial charge in [-0.25, -0.2) is 23.2 Å². The summed E-state index contributed by atoms with van der Waals surface area (Å²) in [6, 6.07) is 12.7. The number of ether oxygens (including phenoxy) is 1. The smallest absolute Gasteiger partial charge is 0.238 e. The summed E-state index contributed by atoms with van der Waals surface area (Å²) in [5.41, 5.74) is 3.37. The Bertz CT molecular complexity index is 1390. The van der Waals surface area contributed by atoms with E-state index in [1.54, 1.807) is 17.9 Å². The topological polar surface area (TPSA) is 131 Å². The number of methoxy groups -OCH3 is 1. The molecule has 10 nitrogen and oxygen atoms in total. The van der Waals surface area contributed by atoms with Crippen molar-refractivity contribution >= 4 is 10.0 Å². The number of benzene rings is 2. The average molecular weight is 466 g/mol. The zero-order valence-electron chi connectivity index (χ0n) is 18.0. The molecule has 3 heterocycles. The minimum atomic E-state index is -4.01. The first-order chi connectivity index (χ1) is 15.9. The van der Waals surface area contributed by atoms with Crippen LogP contribution in [0.1, 0.15) is 29.2 Å². The quantitative estimate of drug-likeness (QED) is 0.461. The summed E-state index contributed by atoms with van der Waals surface area (Å²) < 4.78 is 34.0. The van der Waals surface area contributed by atoms with Crippen LogP contribution in [-0.2, 0) is 29.5 Å². The molecule has 1 aliphatic heterocycles. The minimum Gasteiger partial charge on any atom is -0.497 e. The fourth-order valence-electron chi connectivity index (χ4n) is 4.39. The first kappa shape index (κ1) is 21.3. The third-order valence-electron chi connectivity index (χ3n) is 6.02. The number of primary sulfonamides is 1. The van der Waals surface area contributed by atoms with Gasteiger partial charge in [-0.1, -0.05) is 24.3 Å². The molecule has 33 heavy (non-hydrogen) atoms. The maximum absolute atomic E-state index is 12.6. The number of aryl methyl sites for hydroxylation is 1. The zero-order chi connectivity index (χ0) is 23.0. The minimum absolute atomic E-state index is 0.0184. The molecule has 2 aromatic carbocycles. The molecule has 1 aliphatic rings. The van der Waals surface area contributed by atoms with Crippen molar-refractivity contribution in [3.8, 4) is 17.1 Å². The first-order valence-electron chi connectivity index (χ1n) is 10.5. The van der Waals surface area contributed by atoms with Crippen LogP contribution in [-0.4, -0.2) is 45.3 Å². The SMILES string of the molecule is COc1ccc(Cn2nnnc2-c2c(C3CCn4cncc4C3)cccc2S(N)(=O)=O)cc1. The van der Waals surface area contributed by atoms with Crippen LogP contribution in [0.4, 0.5) is 0 Å². The Kier molecular flexibility index (Phi) is 5.43. The third kappa shape index (κ3) is 4.12. The highest BCUT2D eigenvalue weighted by Gasteiger charge is 2.29. The lowest BCUT2D eigenvalue weighted by Crippen LogP contribution is -2.20. The monoisotopic (exact) mass is 465 g/mol. The summed E-state index contributed by atoms with van der Waals surface area (Å²) >= 11 is 0. The number of sulfonamides is 1. The van der Waals surface area contributed by atoms with Crippen LogP contribution in [0.5, 0.6) is 5.75 Å². The molecule has 0 saturated carbocycles. The van der Waals surface area contributed by atoms with Gasteiger partial charge in [0.05, 0.1) is 24.9 Å². The second-order valence-electron chi connectivity index (χ2n) is 8.04. The van der Waals surface area contributed by atoms with E-state index in [1.165, 1.54) is 6.07 Å². The summed E-state index contributed by atoms with van der Waals surface area (Å²) in [6.07, 6.45) is 5.25. The fraction of sp³-hybridized carbons (Fsp3) is 0.273. The van der Waals surface area contributed by atoms with Crippen LogP contribution in [0.25, 0.3) is 11.4 Å². The normalized spacial score (nSPS) is 15.9. The second kappa shape index (κ2) is 8.41. The molecule has 0 saturated heterocycles. The lowest BCUT2D eigenvalue weighted by atomic mass is 9.86. The van der Waals surface area contributed by atoms with Gasteiger partial charge in [-0.2, -0.15) is 0 Å². The standard InChI is InChI=1S/C22H23N7O3S/c1-32-18-7-5-15(6-8-18)13-29-22(25-26-27-29)21-19(3-2-4-20(21)33(23,30)31)16-9-10-28-14-24-12-17(28)11-16/h2-8,12,14,16H,9-11,13H2,1H3,(H2,23,30,31). The fourth-order valence-corrected chi connectivity index (χ4v) is 5.16. The van der Waals surface area contributed by atoms with E-state index in [0.29, 0.717) is 17.9 Å². The van der Waals surface area contributed by atoms with E-state index in [2.05, 4.69) is 25.1 Å². The molecule has 0 radical (unpaired) electrons. The molecule has 4 aromatic rings.